The number of nitrogens with zero attached hydrogens (tertiary/aromatic N) is 1. The first-order valence-electron chi connectivity index (χ1n) is 5.36. The van der Waals surface area contributed by atoms with E-state index >= 15 is 0 Å². The fourth-order valence-corrected chi connectivity index (χ4v) is 1.10. The lowest BCUT2D eigenvalue weighted by molar-refractivity contribution is -0.132. The van der Waals surface area contributed by atoms with Crippen LogP contribution in [0.3, 0.4) is 0 Å². The highest BCUT2D eigenvalue weighted by molar-refractivity contribution is 5.81. The molecular formula is C11H24N2O. The van der Waals surface area contributed by atoms with Gasteiger partial charge in [-0.25, -0.2) is 0 Å². The zero-order chi connectivity index (χ0) is 11.3. The van der Waals surface area contributed by atoms with Gasteiger partial charge < -0.3 is 10.6 Å². The van der Waals surface area contributed by atoms with Crippen LogP contribution >= 0.6 is 0 Å². The van der Waals surface area contributed by atoms with Crippen molar-refractivity contribution in [1.29, 1.82) is 0 Å². The molecule has 0 bridgehead atoms. The molecule has 0 aromatic carbocycles. The monoisotopic (exact) mass is 200 g/mol. The van der Waals surface area contributed by atoms with Crippen molar-refractivity contribution < 1.29 is 4.79 Å². The van der Waals surface area contributed by atoms with Crippen LogP contribution in [0.5, 0.6) is 0 Å². The fraction of sp³-hybridized carbons (Fsp3) is 0.909. The van der Waals surface area contributed by atoms with E-state index in [0.29, 0.717) is 5.92 Å². The highest BCUT2D eigenvalue weighted by Crippen LogP contribution is 2.05. The summed E-state index contributed by atoms with van der Waals surface area (Å²) in [5, 5.41) is 0. The highest BCUT2D eigenvalue weighted by atomic mass is 16.2. The van der Waals surface area contributed by atoms with E-state index in [1.165, 1.54) is 0 Å². The number of rotatable bonds is 5. The smallest absolute Gasteiger partial charge is 0.239 e. The van der Waals surface area contributed by atoms with Crippen LogP contribution in [0.1, 0.15) is 34.1 Å². The predicted octanol–water partition coefficient (Wildman–Crippen LogP) is 1.47. The van der Waals surface area contributed by atoms with Gasteiger partial charge in [-0.15, -0.1) is 0 Å². The molecule has 0 aromatic heterocycles. The third kappa shape index (κ3) is 4.61. The summed E-state index contributed by atoms with van der Waals surface area (Å²) in [5.74, 6) is 0.894. The SMILES string of the molecule is CC(C)CCN(C)C(=O)C(N)C(C)C. The van der Waals surface area contributed by atoms with Crippen LogP contribution in [-0.2, 0) is 4.79 Å². The van der Waals surface area contributed by atoms with Crippen molar-refractivity contribution in [2.45, 2.75) is 40.2 Å². The normalized spacial score (nSPS) is 13.4. The quantitative estimate of drug-likeness (QED) is 0.730. The second kappa shape index (κ2) is 6.02. The lowest BCUT2D eigenvalue weighted by Gasteiger charge is -2.23. The molecule has 0 aliphatic rings. The van der Waals surface area contributed by atoms with Gasteiger partial charge >= 0.3 is 0 Å². The van der Waals surface area contributed by atoms with Crippen molar-refractivity contribution in [1.82, 2.24) is 4.90 Å². The molecule has 2 N–H and O–H groups in total. The first-order chi connectivity index (χ1) is 6.36. The average molecular weight is 200 g/mol. The van der Waals surface area contributed by atoms with Crippen LogP contribution in [0, 0.1) is 11.8 Å². The number of nitrogens with two attached hydrogens (primary N) is 1. The second-order valence-corrected chi connectivity index (χ2v) is 4.71. The van der Waals surface area contributed by atoms with Crippen LogP contribution < -0.4 is 5.73 Å². The number of hydrogen-bond donors (Lipinski definition) is 1. The molecule has 0 rings (SSSR count). The van der Waals surface area contributed by atoms with Crippen molar-refractivity contribution in [3.8, 4) is 0 Å². The summed E-state index contributed by atoms with van der Waals surface area (Å²) in [6.07, 6.45) is 1.03. The van der Waals surface area contributed by atoms with Gasteiger partial charge in [-0.05, 0) is 18.3 Å². The molecule has 0 saturated carbocycles. The van der Waals surface area contributed by atoms with Crippen LogP contribution in [-0.4, -0.2) is 30.4 Å². The minimum absolute atomic E-state index is 0.0562. The molecule has 84 valence electrons. The Morgan fingerprint density at radius 1 is 1.29 bits per heavy atom. The molecule has 0 saturated heterocycles. The summed E-state index contributed by atoms with van der Waals surface area (Å²) in [6, 6.07) is -0.354. The van der Waals surface area contributed by atoms with Crippen molar-refractivity contribution in [3.63, 3.8) is 0 Å². The summed E-state index contributed by atoms with van der Waals surface area (Å²) >= 11 is 0. The molecule has 0 fully saturated rings. The van der Waals surface area contributed by atoms with E-state index in [4.69, 9.17) is 5.73 Å². The number of likely N-dealkylation sites (N-methyl/N-ethyl adjacent to an activating group) is 1. The number of hydrogen-bond acceptors (Lipinski definition) is 2. The number of carbonyl (C=O) groups is 1. The fourth-order valence-electron chi connectivity index (χ4n) is 1.10. The summed E-state index contributed by atoms with van der Waals surface area (Å²) in [4.78, 5) is 13.4. The van der Waals surface area contributed by atoms with Gasteiger partial charge in [0.25, 0.3) is 0 Å². The van der Waals surface area contributed by atoms with E-state index in [0.717, 1.165) is 13.0 Å². The van der Waals surface area contributed by atoms with E-state index in [9.17, 15) is 4.79 Å². The van der Waals surface area contributed by atoms with Gasteiger partial charge in [0.2, 0.25) is 5.91 Å². The van der Waals surface area contributed by atoms with Crippen molar-refractivity contribution in [2.24, 2.45) is 17.6 Å². The van der Waals surface area contributed by atoms with Gasteiger partial charge in [-0.3, -0.25) is 4.79 Å². The molecule has 0 aromatic rings. The van der Waals surface area contributed by atoms with Gasteiger partial charge in [-0.2, -0.15) is 0 Å². The average Bonchev–Trinajstić information content (AvgIpc) is 2.11. The Hall–Kier alpha value is -0.570. The molecule has 1 atom stereocenters. The van der Waals surface area contributed by atoms with Crippen LogP contribution in [0.2, 0.25) is 0 Å². The Morgan fingerprint density at radius 3 is 2.14 bits per heavy atom. The summed E-state index contributed by atoms with van der Waals surface area (Å²) in [6.45, 7) is 9.05. The molecule has 1 amide bonds. The van der Waals surface area contributed by atoms with E-state index in [1.54, 1.807) is 4.90 Å². The van der Waals surface area contributed by atoms with E-state index in [2.05, 4.69) is 13.8 Å². The summed E-state index contributed by atoms with van der Waals surface area (Å²) in [5.41, 5.74) is 5.78. The van der Waals surface area contributed by atoms with Gasteiger partial charge in [0.05, 0.1) is 6.04 Å². The molecular weight excluding hydrogens is 176 g/mol. The third-order valence-electron chi connectivity index (χ3n) is 2.42. The predicted molar refractivity (Wildman–Crippen MR) is 59.9 cm³/mol. The maximum atomic E-state index is 11.7. The zero-order valence-corrected chi connectivity index (χ0v) is 10.1. The molecule has 3 heteroatoms. The summed E-state index contributed by atoms with van der Waals surface area (Å²) < 4.78 is 0. The Balaban J connectivity index is 3.99. The zero-order valence-electron chi connectivity index (χ0n) is 10.1. The molecule has 0 aliphatic heterocycles. The topological polar surface area (TPSA) is 46.3 Å². The molecule has 0 spiro atoms. The second-order valence-electron chi connectivity index (χ2n) is 4.71. The molecule has 0 radical (unpaired) electrons. The lowest BCUT2D eigenvalue weighted by Crippen LogP contribution is -2.45. The number of carbonyl (C=O) groups excluding carboxylic acids is 1. The molecule has 0 heterocycles. The van der Waals surface area contributed by atoms with E-state index in [1.807, 2.05) is 20.9 Å². The molecule has 0 aliphatic carbocycles. The Morgan fingerprint density at radius 2 is 1.79 bits per heavy atom. The van der Waals surface area contributed by atoms with Crippen molar-refractivity contribution in [2.75, 3.05) is 13.6 Å². The van der Waals surface area contributed by atoms with Crippen molar-refractivity contribution >= 4 is 5.91 Å². The van der Waals surface area contributed by atoms with Crippen LogP contribution in [0.15, 0.2) is 0 Å². The Kier molecular flexibility index (Phi) is 5.77. The van der Waals surface area contributed by atoms with Gasteiger partial charge in [-0.1, -0.05) is 27.7 Å². The molecule has 1 unspecified atom stereocenters. The third-order valence-corrected chi connectivity index (χ3v) is 2.42. The molecule has 14 heavy (non-hydrogen) atoms. The molecule has 3 nitrogen and oxygen atoms in total. The largest absolute Gasteiger partial charge is 0.344 e. The number of amides is 1. The highest BCUT2D eigenvalue weighted by Gasteiger charge is 2.20. The van der Waals surface area contributed by atoms with E-state index in [-0.39, 0.29) is 17.9 Å². The Bertz CT molecular complexity index is 178. The van der Waals surface area contributed by atoms with Crippen molar-refractivity contribution in [3.05, 3.63) is 0 Å². The minimum atomic E-state index is -0.354. The van der Waals surface area contributed by atoms with Crippen LogP contribution in [0.25, 0.3) is 0 Å². The van der Waals surface area contributed by atoms with Crippen LogP contribution in [0.4, 0.5) is 0 Å². The maximum Gasteiger partial charge on any atom is 0.239 e. The van der Waals surface area contributed by atoms with Gasteiger partial charge in [0.1, 0.15) is 0 Å². The van der Waals surface area contributed by atoms with E-state index < -0.39 is 0 Å². The first-order valence-corrected chi connectivity index (χ1v) is 5.36. The standard InChI is InChI=1S/C11H24N2O/c1-8(2)6-7-13(5)11(14)10(12)9(3)4/h8-10H,6-7,12H2,1-5H3. The summed E-state index contributed by atoms with van der Waals surface area (Å²) in [7, 11) is 1.83. The lowest BCUT2D eigenvalue weighted by atomic mass is 10.0. The minimum Gasteiger partial charge on any atom is -0.344 e. The first kappa shape index (κ1) is 13.4. The Labute approximate surface area is 87.6 Å². The van der Waals surface area contributed by atoms with Gasteiger partial charge in [0, 0.05) is 13.6 Å². The maximum absolute atomic E-state index is 11.7. The van der Waals surface area contributed by atoms with Gasteiger partial charge in [0.15, 0.2) is 0 Å².